The second-order valence-electron chi connectivity index (χ2n) is 10.2. The molecule has 0 aliphatic heterocycles. The molecule has 1 saturated carbocycles. The summed E-state index contributed by atoms with van der Waals surface area (Å²) in [5.41, 5.74) is 10.0. The molecule has 2 aromatic heterocycles. The van der Waals surface area contributed by atoms with E-state index in [9.17, 15) is 0 Å². The molecule has 1 aliphatic carbocycles. The number of imidazole rings is 1. The summed E-state index contributed by atoms with van der Waals surface area (Å²) in [6, 6.07) is 6.83. The maximum atomic E-state index is 5.09. The minimum absolute atomic E-state index is 0.0348. The normalized spacial score (nSPS) is 22.1. The summed E-state index contributed by atoms with van der Waals surface area (Å²) >= 11 is 0. The monoisotopic (exact) mass is 375 g/mol. The van der Waals surface area contributed by atoms with Crippen LogP contribution in [0.5, 0.6) is 0 Å². The lowest BCUT2D eigenvalue weighted by molar-refractivity contribution is 0.562. The van der Waals surface area contributed by atoms with Crippen molar-refractivity contribution in [3.63, 3.8) is 0 Å². The number of pyridine rings is 1. The topological polar surface area (TPSA) is 30.7 Å². The fourth-order valence-electron chi connectivity index (χ4n) is 4.41. The van der Waals surface area contributed by atoms with Gasteiger partial charge in [0.1, 0.15) is 5.82 Å². The lowest BCUT2D eigenvalue weighted by Gasteiger charge is -2.24. The Balaban J connectivity index is 2.03. The third kappa shape index (κ3) is 2.78. The summed E-state index contributed by atoms with van der Waals surface area (Å²) in [5, 5.41) is 0. The molecule has 2 heterocycles. The van der Waals surface area contributed by atoms with Crippen LogP contribution in [0.15, 0.2) is 18.2 Å². The highest BCUT2D eigenvalue weighted by Gasteiger charge is 2.50. The minimum atomic E-state index is 0.0348. The fraction of sp³-hybridized carbons (Fsp3) is 0.520. The summed E-state index contributed by atoms with van der Waals surface area (Å²) in [6.07, 6.45) is 1.23. The number of nitrogens with zero attached hydrogens (tertiary/aromatic N) is 3. The number of aryl methyl sites for hydroxylation is 4. The molecule has 1 aliphatic rings. The van der Waals surface area contributed by atoms with Gasteiger partial charge >= 0.3 is 0 Å². The largest absolute Gasteiger partial charge is 0.327 e. The van der Waals surface area contributed by atoms with E-state index in [4.69, 9.17) is 9.97 Å². The van der Waals surface area contributed by atoms with Gasteiger partial charge in [-0.05, 0) is 73.4 Å². The van der Waals surface area contributed by atoms with E-state index in [1.807, 2.05) is 0 Å². The zero-order valence-electron chi connectivity index (χ0n) is 18.9. The molecule has 0 amide bonds. The van der Waals surface area contributed by atoms with Gasteiger partial charge in [-0.1, -0.05) is 34.6 Å². The summed E-state index contributed by atoms with van der Waals surface area (Å²) in [7, 11) is 2.14. The first-order chi connectivity index (χ1) is 12.9. The van der Waals surface area contributed by atoms with Crippen molar-refractivity contribution in [2.45, 2.75) is 72.6 Å². The lowest BCUT2D eigenvalue weighted by Crippen LogP contribution is -2.18. The molecule has 0 N–H and O–H groups in total. The standard InChI is InChI=1S/C25H33N3/c1-14-10-19-20(11-15(14)2)28(9)23(27-19)22-17(4)26-21(24(5,6)7)12-18(22)25(8)13-16(25)3/h10-12,16H,13H2,1-9H3. The van der Waals surface area contributed by atoms with E-state index >= 15 is 0 Å². The van der Waals surface area contributed by atoms with Crippen LogP contribution >= 0.6 is 0 Å². The van der Waals surface area contributed by atoms with Gasteiger partial charge in [-0.15, -0.1) is 0 Å². The van der Waals surface area contributed by atoms with Crippen LogP contribution < -0.4 is 0 Å². The molecule has 3 heteroatoms. The van der Waals surface area contributed by atoms with E-state index in [2.05, 4.69) is 85.2 Å². The number of hydrogen-bond donors (Lipinski definition) is 0. The van der Waals surface area contributed by atoms with Gasteiger partial charge in [0, 0.05) is 29.4 Å². The van der Waals surface area contributed by atoms with E-state index in [1.54, 1.807) is 0 Å². The molecule has 1 fully saturated rings. The van der Waals surface area contributed by atoms with Crippen LogP contribution in [0.3, 0.4) is 0 Å². The molecule has 4 rings (SSSR count). The number of hydrogen-bond acceptors (Lipinski definition) is 2. The minimum Gasteiger partial charge on any atom is -0.327 e. The van der Waals surface area contributed by atoms with Crippen molar-refractivity contribution in [3.05, 3.63) is 46.3 Å². The first-order valence-electron chi connectivity index (χ1n) is 10.4. The molecule has 148 valence electrons. The van der Waals surface area contributed by atoms with Gasteiger partial charge in [-0.25, -0.2) is 4.98 Å². The highest BCUT2D eigenvalue weighted by Crippen LogP contribution is 2.56. The Labute approximate surface area is 169 Å². The van der Waals surface area contributed by atoms with Gasteiger partial charge in [0.2, 0.25) is 0 Å². The van der Waals surface area contributed by atoms with E-state index in [1.165, 1.54) is 39.9 Å². The summed E-state index contributed by atoms with van der Waals surface area (Å²) in [5.74, 6) is 1.74. The molecule has 0 saturated heterocycles. The Hall–Kier alpha value is -2.16. The molecule has 2 unspecified atom stereocenters. The number of benzene rings is 1. The number of aromatic nitrogens is 3. The van der Waals surface area contributed by atoms with Crippen LogP contribution in [0.25, 0.3) is 22.4 Å². The van der Waals surface area contributed by atoms with Gasteiger partial charge in [-0.2, -0.15) is 0 Å². The van der Waals surface area contributed by atoms with Crippen molar-refractivity contribution < 1.29 is 0 Å². The second kappa shape index (κ2) is 5.92. The van der Waals surface area contributed by atoms with Gasteiger partial charge in [0.05, 0.1) is 11.0 Å². The van der Waals surface area contributed by atoms with Crippen molar-refractivity contribution >= 4 is 11.0 Å². The third-order valence-electron chi connectivity index (χ3n) is 6.96. The summed E-state index contributed by atoms with van der Waals surface area (Å²) in [4.78, 5) is 10.1. The first-order valence-corrected chi connectivity index (χ1v) is 10.4. The third-order valence-corrected chi connectivity index (χ3v) is 6.96. The van der Waals surface area contributed by atoms with Crippen LogP contribution in [0.4, 0.5) is 0 Å². The summed E-state index contributed by atoms with van der Waals surface area (Å²) in [6.45, 7) is 18.0. The van der Waals surface area contributed by atoms with Crippen molar-refractivity contribution in [3.8, 4) is 11.4 Å². The molecule has 3 aromatic rings. The van der Waals surface area contributed by atoms with Crippen molar-refractivity contribution in [1.82, 2.24) is 14.5 Å². The number of fused-ring (bicyclic) bond motifs is 1. The SMILES string of the molecule is Cc1cc2nc(-c3c(C4(C)CC4C)cc(C(C)(C)C)nc3C)n(C)c2cc1C. The molecule has 2 atom stereocenters. The molecular formula is C25H33N3. The van der Waals surface area contributed by atoms with Gasteiger partial charge < -0.3 is 4.57 Å². The Morgan fingerprint density at radius 3 is 2.21 bits per heavy atom. The predicted molar refractivity (Wildman–Crippen MR) is 118 cm³/mol. The quantitative estimate of drug-likeness (QED) is 0.537. The van der Waals surface area contributed by atoms with E-state index in [-0.39, 0.29) is 10.8 Å². The maximum Gasteiger partial charge on any atom is 0.143 e. The Bertz CT molecular complexity index is 1100. The van der Waals surface area contributed by atoms with Crippen LogP contribution in [0.1, 0.15) is 69.1 Å². The highest BCUT2D eigenvalue weighted by molar-refractivity contribution is 5.83. The fourth-order valence-corrected chi connectivity index (χ4v) is 4.41. The van der Waals surface area contributed by atoms with E-state index in [0.29, 0.717) is 5.92 Å². The van der Waals surface area contributed by atoms with Crippen LogP contribution in [-0.2, 0) is 17.9 Å². The lowest BCUT2D eigenvalue weighted by atomic mass is 9.84. The van der Waals surface area contributed by atoms with Crippen LogP contribution in [-0.4, -0.2) is 14.5 Å². The first kappa shape index (κ1) is 19.2. The van der Waals surface area contributed by atoms with E-state index in [0.717, 1.165) is 17.0 Å². The average molecular weight is 376 g/mol. The molecule has 1 aromatic carbocycles. The molecule has 0 spiro atoms. The van der Waals surface area contributed by atoms with Gasteiger partial charge in [0.25, 0.3) is 0 Å². The molecule has 28 heavy (non-hydrogen) atoms. The van der Waals surface area contributed by atoms with Crippen LogP contribution in [0.2, 0.25) is 0 Å². The predicted octanol–water partition coefficient (Wildman–Crippen LogP) is 6.16. The molecule has 0 bridgehead atoms. The van der Waals surface area contributed by atoms with Crippen molar-refractivity contribution in [2.75, 3.05) is 0 Å². The average Bonchev–Trinajstić information content (AvgIpc) is 3.10. The van der Waals surface area contributed by atoms with Crippen LogP contribution in [0, 0.1) is 26.7 Å². The number of rotatable bonds is 2. The summed E-state index contributed by atoms with van der Waals surface area (Å²) < 4.78 is 2.25. The second-order valence-corrected chi connectivity index (χ2v) is 10.2. The Kier molecular flexibility index (Phi) is 4.05. The zero-order valence-corrected chi connectivity index (χ0v) is 18.9. The highest BCUT2D eigenvalue weighted by atomic mass is 15.1. The van der Waals surface area contributed by atoms with Crippen molar-refractivity contribution in [1.29, 1.82) is 0 Å². The molecule has 3 nitrogen and oxygen atoms in total. The zero-order chi connectivity index (χ0) is 20.6. The molecule has 0 radical (unpaired) electrons. The van der Waals surface area contributed by atoms with Gasteiger partial charge in [-0.3, -0.25) is 4.98 Å². The van der Waals surface area contributed by atoms with Gasteiger partial charge in [0.15, 0.2) is 0 Å². The van der Waals surface area contributed by atoms with E-state index < -0.39 is 0 Å². The Morgan fingerprint density at radius 2 is 1.64 bits per heavy atom. The molecular weight excluding hydrogens is 342 g/mol. The maximum absolute atomic E-state index is 5.09. The van der Waals surface area contributed by atoms with Crippen molar-refractivity contribution in [2.24, 2.45) is 13.0 Å². The Morgan fingerprint density at radius 1 is 1.04 bits per heavy atom. The smallest absolute Gasteiger partial charge is 0.143 e.